The Balaban J connectivity index is 2.00. The molecular weight excluding hydrogens is 296 g/mol. The molecule has 1 aliphatic heterocycles. The zero-order valence-electron chi connectivity index (χ0n) is 12.1. The number of urea groups is 1. The molecule has 0 spiro atoms. The smallest absolute Gasteiger partial charge is 0.314 e. The third-order valence-electron chi connectivity index (χ3n) is 3.56. The van der Waals surface area contributed by atoms with E-state index in [1.807, 2.05) is 0 Å². The number of hydrogen-bond acceptors (Lipinski definition) is 4. The molecule has 0 saturated carbocycles. The number of hydrogen-bond donors (Lipinski definition) is 3. The number of carbonyl (C=O) groups is 2. The summed E-state index contributed by atoms with van der Waals surface area (Å²) in [6, 6.07) is -0.345. The van der Waals surface area contributed by atoms with Gasteiger partial charge in [0, 0.05) is 19.5 Å². The molecule has 0 aromatic carbocycles. The predicted molar refractivity (Wildman–Crippen MR) is 78.9 cm³/mol. The van der Waals surface area contributed by atoms with Crippen LogP contribution in [0.1, 0.15) is 44.9 Å². The average Bonchev–Trinajstić information content (AvgIpc) is 2.74. The van der Waals surface area contributed by atoms with E-state index in [1.54, 1.807) is 0 Å². The first-order valence-electron chi connectivity index (χ1n) is 7.37. The van der Waals surface area contributed by atoms with Crippen molar-refractivity contribution < 1.29 is 23.1 Å². The maximum Gasteiger partial charge on any atom is 0.314 e. The molecule has 7 nitrogen and oxygen atoms in total. The van der Waals surface area contributed by atoms with Gasteiger partial charge in [-0.15, -0.1) is 0 Å². The maximum absolute atomic E-state index is 11.6. The van der Waals surface area contributed by atoms with Gasteiger partial charge < -0.3 is 15.7 Å². The van der Waals surface area contributed by atoms with Gasteiger partial charge in [-0.05, 0) is 25.7 Å². The van der Waals surface area contributed by atoms with Gasteiger partial charge in [0.15, 0.2) is 9.84 Å². The zero-order valence-corrected chi connectivity index (χ0v) is 13.0. The number of carboxylic acids is 1. The fourth-order valence-electron chi connectivity index (χ4n) is 2.31. The van der Waals surface area contributed by atoms with E-state index in [0.717, 1.165) is 19.3 Å². The minimum absolute atomic E-state index is 0.173. The summed E-state index contributed by atoms with van der Waals surface area (Å²) in [7, 11) is -3.02. The number of sulfone groups is 1. The molecule has 1 aliphatic rings. The van der Waals surface area contributed by atoms with Crippen LogP contribution in [-0.4, -0.2) is 49.6 Å². The first-order chi connectivity index (χ1) is 9.92. The van der Waals surface area contributed by atoms with Crippen molar-refractivity contribution in [1.29, 1.82) is 0 Å². The minimum atomic E-state index is -3.02. The molecular formula is C13H24N2O5S. The molecule has 0 aromatic rings. The second kappa shape index (κ2) is 8.86. The normalized spacial score (nSPS) is 20.1. The van der Waals surface area contributed by atoms with Gasteiger partial charge in [-0.2, -0.15) is 0 Å². The Morgan fingerprint density at radius 2 is 1.81 bits per heavy atom. The summed E-state index contributed by atoms with van der Waals surface area (Å²) in [6.07, 6.45) is 4.61. The van der Waals surface area contributed by atoms with Crippen molar-refractivity contribution in [1.82, 2.24) is 10.6 Å². The van der Waals surface area contributed by atoms with Crippen LogP contribution < -0.4 is 10.6 Å². The molecule has 1 unspecified atom stereocenters. The molecule has 3 N–H and O–H groups in total. The van der Waals surface area contributed by atoms with Crippen LogP contribution in [0.5, 0.6) is 0 Å². The lowest BCUT2D eigenvalue weighted by Gasteiger charge is -2.11. The second-order valence-electron chi connectivity index (χ2n) is 5.33. The molecule has 21 heavy (non-hydrogen) atoms. The van der Waals surface area contributed by atoms with Gasteiger partial charge in [-0.3, -0.25) is 4.79 Å². The van der Waals surface area contributed by atoms with Crippen molar-refractivity contribution >= 4 is 21.8 Å². The molecule has 1 heterocycles. The first-order valence-corrected chi connectivity index (χ1v) is 9.08. The molecule has 0 aromatic heterocycles. The fourth-order valence-corrected chi connectivity index (χ4v) is 4.08. The summed E-state index contributed by atoms with van der Waals surface area (Å²) in [4.78, 5) is 21.8. The molecule has 122 valence electrons. The van der Waals surface area contributed by atoms with E-state index >= 15 is 0 Å². The third kappa shape index (κ3) is 7.31. The molecule has 1 rings (SSSR count). The first kappa shape index (κ1) is 17.7. The monoisotopic (exact) mass is 320 g/mol. The van der Waals surface area contributed by atoms with Crippen molar-refractivity contribution in [2.45, 2.75) is 50.2 Å². The van der Waals surface area contributed by atoms with Crippen LogP contribution in [-0.2, 0) is 14.6 Å². The van der Waals surface area contributed by atoms with Crippen molar-refractivity contribution in [3.63, 3.8) is 0 Å². The molecule has 2 amide bonds. The number of nitrogens with one attached hydrogen (secondary N) is 2. The minimum Gasteiger partial charge on any atom is -0.481 e. The molecule has 0 aliphatic carbocycles. The van der Waals surface area contributed by atoms with E-state index in [1.165, 1.54) is 0 Å². The van der Waals surface area contributed by atoms with E-state index in [9.17, 15) is 18.0 Å². The van der Waals surface area contributed by atoms with Crippen LogP contribution in [0, 0.1) is 0 Å². The van der Waals surface area contributed by atoms with E-state index in [-0.39, 0.29) is 24.7 Å². The topological polar surface area (TPSA) is 113 Å². The lowest BCUT2D eigenvalue weighted by Crippen LogP contribution is -2.41. The summed E-state index contributed by atoms with van der Waals surface area (Å²) in [5.41, 5.74) is 0. The maximum atomic E-state index is 11.6. The summed E-state index contributed by atoms with van der Waals surface area (Å²) >= 11 is 0. The van der Waals surface area contributed by atoms with Crippen LogP contribution in [0.25, 0.3) is 0 Å². The Bertz CT molecular complexity index is 449. The summed E-state index contributed by atoms with van der Waals surface area (Å²) < 4.78 is 23.1. The van der Waals surface area contributed by atoms with E-state index in [2.05, 4.69) is 10.6 Å². The number of amides is 2. The Morgan fingerprint density at radius 1 is 1.10 bits per heavy atom. The predicted octanol–water partition coefficient (Wildman–Crippen LogP) is 0.898. The number of unbranched alkanes of at least 4 members (excludes halogenated alkanes) is 3. The Kier molecular flexibility index (Phi) is 7.49. The lowest BCUT2D eigenvalue weighted by molar-refractivity contribution is -0.137. The van der Waals surface area contributed by atoms with Gasteiger partial charge in [0.2, 0.25) is 0 Å². The number of carbonyl (C=O) groups excluding carboxylic acids is 1. The van der Waals surface area contributed by atoms with Crippen LogP contribution in [0.15, 0.2) is 0 Å². The lowest BCUT2D eigenvalue weighted by atomic mass is 10.1. The molecule has 0 radical (unpaired) electrons. The average molecular weight is 320 g/mol. The van der Waals surface area contributed by atoms with Crippen LogP contribution >= 0.6 is 0 Å². The Hall–Kier alpha value is -1.31. The van der Waals surface area contributed by atoms with Gasteiger partial charge in [0.25, 0.3) is 0 Å². The van der Waals surface area contributed by atoms with Gasteiger partial charge in [-0.1, -0.05) is 12.8 Å². The van der Waals surface area contributed by atoms with Crippen molar-refractivity contribution in [2.24, 2.45) is 0 Å². The van der Waals surface area contributed by atoms with Gasteiger partial charge in [0.05, 0.1) is 11.0 Å². The SMILES string of the molecule is O=C(O)CCCCCCNC(=O)NCC1CCCS1(=O)=O. The van der Waals surface area contributed by atoms with Crippen LogP contribution in [0.3, 0.4) is 0 Å². The van der Waals surface area contributed by atoms with Crippen LogP contribution in [0.2, 0.25) is 0 Å². The molecule has 1 saturated heterocycles. The third-order valence-corrected chi connectivity index (χ3v) is 5.83. The molecule has 1 atom stereocenters. The van der Waals surface area contributed by atoms with Gasteiger partial charge in [0.1, 0.15) is 0 Å². The highest BCUT2D eigenvalue weighted by atomic mass is 32.2. The summed E-state index contributed by atoms with van der Waals surface area (Å²) in [5.74, 6) is -0.563. The van der Waals surface area contributed by atoms with E-state index < -0.39 is 21.1 Å². The van der Waals surface area contributed by atoms with Crippen molar-refractivity contribution in [2.75, 3.05) is 18.8 Å². The quantitative estimate of drug-likeness (QED) is 0.546. The zero-order chi connectivity index (χ0) is 15.7. The highest BCUT2D eigenvalue weighted by Gasteiger charge is 2.31. The Labute approximate surface area is 125 Å². The number of carboxylic acid groups (broad SMARTS) is 1. The van der Waals surface area contributed by atoms with E-state index in [0.29, 0.717) is 25.8 Å². The van der Waals surface area contributed by atoms with Crippen molar-refractivity contribution in [3.8, 4) is 0 Å². The standard InChI is InChI=1S/C13H24N2O5S/c16-12(17)7-3-1-2-4-8-14-13(18)15-10-11-6-5-9-21(11,19)20/h11H,1-10H2,(H,16,17)(H2,14,15,18). The highest BCUT2D eigenvalue weighted by molar-refractivity contribution is 7.92. The molecule has 0 bridgehead atoms. The fraction of sp³-hybridized carbons (Fsp3) is 0.846. The highest BCUT2D eigenvalue weighted by Crippen LogP contribution is 2.18. The molecule has 8 heteroatoms. The van der Waals surface area contributed by atoms with Crippen LogP contribution in [0.4, 0.5) is 4.79 Å². The van der Waals surface area contributed by atoms with Gasteiger partial charge in [-0.25, -0.2) is 13.2 Å². The molecule has 1 fully saturated rings. The van der Waals surface area contributed by atoms with E-state index in [4.69, 9.17) is 5.11 Å². The summed E-state index contributed by atoms with van der Waals surface area (Å²) in [6.45, 7) is 0.684. The number of aliphatic carboxylic acids is 1. The van der Waals surface area contributed by atoms with Crippen molar-refractivity contribution in [3.05, 3.63) is 0 Å². The van der Waals surface area contributed by atoms with Gasteiger partial charge >= 0.3 is 12.0 Å². The second-order valence-corrected chi connectivity index (χ2v) is 7.73. The summed E-state index contributed by atoms with van der Waals surface area (Å²) in [5, 5.41) is 13.3. The number of rotatable bonds is 9. The largest absolute Gasteiger partial charge is 0.481 e. The Morgan fingerprint density at radius 3 is 2.43 bits per heavy atom.